The summed E-state index contributed by atoms with van der Waals surface area (Å²) in [6.45, 7) is 4.06. The summed E-state index contributed by atoms with van der Waals surface area (Å²) < 4.78 is 0. The Labute approximate surface area is 175 Å². The molecule has 3 aromatic carbocycles. The molecule has 3 rings (SSSR count). The minimum atomic E-state index is 0.125. The molecule has 3 nitrogen and oxygen atoms in total. The summed E-state index contributed by atoms with van der Waals surface area (Å²) in [5.41, 5.74) is 4.93. The smallest absolute Gasteiger partial charge is 0.175 e. The molecule has 0 aliphatic rings. The van der Waals surface area contributed by atoms with Crippen molar-refractivity contribution >= 4 is 46.3 Å². The molecule has 0 bridgehead atoms. The first-order valence-corrected chi connectivity index (χ1v) is 10.4. The summed E-state index contributed by atoms with van der Waals surface area (Å²) in [5, 5.41) is 6.90. The van der Waals surface area contributed by atoms with Gasteiger partial charge in [0.05, 0.1) is 5.75 Å². The Hall–Kier alpha value is -2.63. The van der Waals surface area contributed by atoms with Crippen molar-refractivity contribution < 1.29 is 4.79 Å². The monoisotopic (exact) mass is 406 g/mol. The first kappa shape index (κ1) is 20.1. The second kappa shape index (κ2) is 9.53. The Morgan fingerprint density at radius 2 is 1.46 bits per heavy atom. The van der Waals surface area contributed by atoms with Crippen molar-refractivity contribution in [3.05, 3.63) is 89.5 Å². The number of Topliss-reactive ketones (excluding diaryl/α,β-unsaturated/α-hetero) is 1. The van der Waals surface area contributed by atoms with Gasteiger partial charge in [0, 0.05) is 21.8 Å². The van der Waals surface area contributed by atoms with Gasteiger partial charge in [-0.3, -0.25) is 4.79 Å². The van der Waals surface area contributed by atoms with Crippen LogP contribution in [0.4, 0.5) is 11.4 Å². The topological polar surface area (TPSA) is 41.1 Å². The normalized spacial score (nSPS) is 10.4. The molecule has 0 unspecified atom stereocenters. The summed E-state index contributed by atoms with van der Waals surface area (Å²) in [6, 6.07) is 23.6. The van der Waals surface area contributed by atoms with Gasteiger partial charge in [-0.2, -0.15) is 0 Å². The lowest BCUT2D eigenvalue weighted by molar-refractivity contribution is 0.102. The number of rotatable bonds is 6. The van der Waals surface area contributed by atoms with Gasteiger partial charge in [0.1, 0.15) is 0 Å². The van der Waals surface area contributed by atoms with E-state index in [1.54, 1.807) is 0 Å². The third-order valence-corrected chi connectivity index (χ3v) is 5.34. The van der Waals surface area contributed by atoms with E-state index in [-0.39, 0.29) is 5.78 Å². The number of hydrogen-bond acceptors (Lipinski definition) is 3. The van der Waals surface area contributed by atoms with E-state index in [1.165, 1.54) is 17.3 Å². The molecule has 0 amide bonds. The van der Waals surface area contributed by atoms with Crippen LogP contribution < -0.4 is 10.6 Å². The Balaban J connectivity index is 1.55. The first-order valence-electron chi connectivity index (χ1n) is 8.97. The lowest BCUT2D eigenvalue weighted by Gasteiger charge is -2.11. The van der Waals surface area contributed by atoms with Crippen LogP contribution in [0.3, 0.4) is 0 Å². The van der Waals surface area contributed by atoms with Crippen molar-refractivity contribution in [3.63, 3.8) is 0 Å². The second-order valence-corrected chi connectivity index (χ2v) is 8.01. The van der Waals surface area contributed by atoms with Gasteiger partial charge in [-0.05, 0) is 56.4 Å². The fourth-order valence-corrected chi connectivity index (χ4v) is 3.65. The zero-order valence-electron chi connectivity index (χ0n) is 15.9. The summed E-state index contributed by atoms with van der Waals surface area (Å²) in [5.74, 6) is 0.526. The van der Waals surface area contributed by atoms with Gasteiger partial charge in [0.15, 0.2) is 10.9 Å². The van der Waals surface area contributed by atoms with E-state index in [0.717, 1.165) is 27.4 Å². The maximum Gasteiger partial charge on any atom is 0.175 e. The number of aryl methyl sites for hydroxylation is 2. The van der Waals surface area contributed by atoms with Crippen LogP contribution in [0.15, 0.2) is 77.7 Å². The highest BCUT2D eigenvalue weighted by molar-refractivity contribution is 8.00. The van der Waals surface area contributed by atoms with E-state index in [2.05, 4.69) is 10.6 Å². The molecule has 0 aliphatic heterocycles. The lowest BCUT2D eigenvalue weighted by atomic mass is 10.1. The van der Waals surface area contributed by atoms with Crippen LogP contribution in [-0.2, 0) is 0 Å². The molecule has 142 valence electrons. The van der Waals surface area contributed by atoms with Crippen LogP contribution in [0.25, 0.3) is 0 Å². The fraction of sp³-hybridized carbons (Fsp3) is 0.130. The van der Waals surface area contributed by atoms with E-state index < -0.39 is 0 Å². The summed E-state index contributed by atoms with van der Waals surface area (Å²) in [7, 11) is 0. The molecular formula is C23H22N2OS2. The molecule has 28 heavy (non-hydrogen) atoms. The van der Waals surface area contributed by atoms with Crippen molar-refractivity contribution in [1.29, 1.82) is 0 Å². The molecule has 0 spiro atoms. The highest BCUT2D eigenvalue weighted by Crippen LogP contribution is 2.23. The Bertz CT molecular complexity index is 967. The van der Waals surface area contributed by atoms with Gasteiger partial charge in [0.2, 0.25) is 0 Å². The van der Waals surface area contributed by atoms with Crippen molar-refractivity contribution in [2.45, 2.75) is 18.7 Å². The number of hydrogen-bond donors (Lipinski definition) is 2. The average molecular weight is 407 g/mol. The number of thioether (sulfide) groups is 1. The van der Waals surface area contributed by atoms with Gasteiger partial charge in [-0.1, -0.05) is 53.6 Å². The van der Waals surface area contributed by atoms with Crippen LogP contribution >= 0.6 is 24.0 Å². The highest BCUT2D eigenvalue weighted by atomic mass is 32.2. The molecule has 0 saturated carbocycles. The second-order valence-electron chi connectivity index (χ2n) is 6.55. The van der Waals surface area contributed by atoms with Crippen molar-refractivity contribution in [2.24, 2.45) is 0 Å². The van der Waals surface area contributed by atoms with Crippen LogP contribution in [0, 0.1) is 13.8 Å². The number of carbonyl (C=O) groups excluding carboxylic acids is 1. The zero-order chi connectivity index (χ0) is 19.9. The fourth-order valence-electron chi connectivity index (χ4n) is 2.57. The van der Waals surface area contributed by atoms with Crippen LogP contribution in [0.2, 0.25) is 0 Å². The third-order valence-electron chi connectivity index (χ3n) is 4.14. The van der Waals surface area contributed by atoms with E-state index >= 15 is 0 Å². The number of ketones is 1. The van der Waals surface area contributed by atoms with E-state index in [4.69, 9.17) is 12.2 Å². The minimum absolute atomic E-state index is 0.125. The van der Waals surface area contributed by atoms with Crippen LogP contribution in [0.1, 0.15) is 21.5 Å². The van der Waals surface area contributed by atoms with Gasteiger partial charge in [-0.15, -0.1) is 11.8 Å². The third kappa shape index (κ3) is 5.94. The molecule has 2 N–H and O–H groups in total. The molecule has 0 heterocycles. The van der Waals surface area contributed by atoms with Crippen molar-refractivity contribution in [2.75, 3.05) is 16.4 Å². The minimum Gasteiger partial charge on any atom is -0.332 e. The number of nitrogens with one attached hydrogen (secondary N) is 2. The molecule has 0 aliphatic carbocycles. The van der Waals surface area contributed by atoms with Gasteiger partial charge in [0.25, 0.3) is 0 Å². The number of carbonyl (C=O) groups is 1. The largest absolute Gasteiger partial charge is 0.332 e. The summed E-state index contributed by atoms with van der Waals surface area (Å²) >= 11 is 6.91. The SMILES string of the molecule is Cc1ccc(NC(=S)Nc2cccc(SCC(=O)c3ccc(C)cc3)c2)cc1. The van der Waals surface area contributed by atoms with Crippen molar-refractivity contribution in [3.8, 4) is 0 Å². The molecule has 3 aromatic rings. The summed E-state index contributed by atoms with van der Waals surface area (Å²) in [6.07, 6.45) is 0. The predicted octanol–water partition coefficient (Wildman–Crippen LogP) is 6.09. The van der Waals surface area contributed by atoms with Crippen molar-refractivity contribution in [1.82, 2.24) is 0 Å². The quantitative estimate of drug-likeness (QED) is 0.295. The van der Waals surface area contributed by atoms with E-state index in [0.29, 0.717) is 10.9 Å². The van der Waals surface area contributed by atoms with Gasteiger partial charge in [-0.25, -0.2) is 0 Å². The average Bonchev–Trinajstić information content (AvgIpc) is 2.69. The lowest BCUT2D eigenvalue weighted by Crippen LogP contribution is -2.18. The molecule has 0 radical (unpaired) electrons. The molecular weight excluding hydrogens is 384 g/mol. The highest BCUT2D eigenvalue weighted by Gasteiger charge is 2.07. The molecule has 0 saturated heterocycles. The Morgan fingerprint density at radius 1 is 0.857 bits per heavy atom. The number of anilines is 2. The molecule has 0 aromatic heterocycles. The molecule has 0 atom stereocenters. The standard InChI is InChI=1S/C23H22N2OS2/c1-16-6-10-18(11-7-16)22(26)15-28-21-5-3-4-20(14-21)25-23(27)24-19-12-8-17(2)9-13-19/h3-14H,15H2,1-2H3,(H2,24,25,27). The molecule has 5 heteroatoms. The first-order chi connectivity index (χ1) is 13.5. The van der Waals surface area contributed by atoms with Gasteiger partial charge >= 0.3 is 0 Å². The van der Waals surface area contributed by atoms with Gasteiger partial charge < -0.3 is 10.6 Å². The summed E-state index contributed by atoms with van der Waals surface area (Å²) in [4.78, 5) is 13.4. The van der Waals surface area contributed by atoms with Crippen LogP contribution in [0.5, 0.6) is 0 Å². The number of thiocarbonyl (C=S) groups is 1. The number of benzene rings is 3. The van der Waals surface area contributed by atoms with Crippen LogP contribution in [-0.4, -0.2) is 16.6 Å². The maximum absolute atomic E-state index is 12.4. The Morgan fingerprint density at radius 3 is 2.14 bits per heavy atom. The molecule has 0 fully saturated rings. The zero-order valence-corrected chi connectivity index (χ0v) is 17.5. The predicted molar refractivity (Wildman–Crippen MR) is 124 cm³/mol. The Kier molecular flexibility index (Phi) is 6.85. The van der Waals surface area contributed by atoms with E-state index in [9.17, 15) is 4.79 Å². The van der Waals surface area contributed by atoms with E-state index in [1.807, 2.05) is 86.6 Å². The maximum atomic E-state index is 12.4.